The molecule has 3 aromatic rings. The second-order valence-electron chi connectivity index (χ2n) is 10.9. The Morgan fingerprint density at radius 2 is 1.82 bits per heavy atom. The zero-order valence-corrected chi connectivity index (χ0v) is 27.2. The van der Waals surface area contributed by atoms with E-state index in [9.17, 15) is 21.8 Å². The van der Waals surface area contributed by atoms with Gasteiger partial charge in [0.2, 0.25) is 5.28 Å². The molecule has 2 fully saturated rings. The Balaban J connectivity index is 1.44. The molecule has 0 saturated carbocycles. The molecule has 242 valence electrons. The van der Waals surface area contributed by atoms with Gasteiger partial charge in [0.15, 0.2) is 27.3 Å². The van der Waals surface area contributed by atoms with Gasteiger partial charge in [-0.3, -0.25) is 4.57 Å². The lowest BCUT2D eigenvalue weighted by atomic mass is 10.1. The summed E-state index contributed by atoms with van der Waals surface area (Å²) in [6, 6.07) is 4.39. The minimum absolute atomic E-state index is 0.0181. The topological polar surface area (TPSA) is 140 Å². The van der Waals surface area contributed by atoms with Crippen molar-refractivity contribution in [3.63, 3.8) is 0 Å². The van der Waals surface area contributed by atoms with Gasteiger partial charge in [-0.15, -0.1) is 0 Å². The van der Waals surface area contributed by atoms with E-state index in [2.05, 4.69) is 15.3 Å². The van der Waals surface area contributed by atoms with Crippen LogP contribution in [0.15, 0.2) is 30.5 Å². The zero-order chi connectivity index (χ0) is 32.0. The number of aromatic nitrogens is 3. The maximum absolute atomic E-state index is 14.5. The van der Waals surface area contributed by atoms with E-state index in [0.29, 0.717) is 11.0 Å². The maximum Gasteiger partial charge on any atom is 0.345 e. The number of hydrogen-bond donors (Lipinski definition) is 1. The van der Waals surface area contributed by atoms with Crippen molar-refractivity contribution < 1.29 is 45.0 Å². The first kappa shape index (κ1) is 33.1. The summed E-state index contributed by atoms with van der Waals surface area (Å²) in [7, 11) is -7.93. The van der Waals surface area contributed by atoms with Gasteiger partial charge in [0.25, 0.3) is 0 Å². The molecule has 2 aliphatic rings. The molecular weight excluding hydrogens is 645 g/mol. The van der Waals surface area contributed by atoms with E-state index in [1.54, 1.807) is 51.4 Å². The molecule has 0 unspecified atom stereocenters. The first-order valence-electron chi connectivity index (χ1n) is 14.0. The molecule has 4 heterocycles. The molecule has 0 amide bonds. The van der Waals surface area contributed by atoms with Crippen LogP contribution in [0.1, 0.15) is 52.5 Å². The third-order valence-electron chi connectivity index (χ3n) is 7.15. The van der Waals surface area contributed by atoms with Gasteiger partial charge in [-0.05, 0) is 58.4 Å². The van der Waals surface area contributed by atoms with Crippen LogP contribution in [-0.4, -0.2) is 71.5 Å². The van der Waals surface area contributed by atoms with Crippen LogP contribution in [0.5, 0.6) is 0 Å². The smallest absolute Gasteiger partial charge is 0.345 e. The van der Waals surface area contributed by atoms with E-state index in [0.717, 1.165) is 12.1 Å². The average molecular weight is 679 g/mol. The van der Waals surface area contributed by atoms with Crippen LogP contribution in [0.2, 0.25) is 5.28 Å². The fourth-order valence-electron chi connectivity index (χ4n) is 5.52. The molecule has 0 spiro atoms. The molecule has 5 rings (SSSR count). The van der Waals surface area contributed by atoms with Gasteiger partial charge >= 0.3 is 7.60 Å². The molecule has 2 aliphatic heterocycles. The highest BCUT2D eigenvalue weighted by Gasteiger charge is 2.57. The van der Waals surface area contributed by atoms with Crippen molar-refractivity contribution in [2.24, 2.45) is 0 Å². The summed E-state index contributed by atoms with van der Waals surface area (Å²) < 4.78 is 97.9. The fraction of sp³-hybridized carbons (Fsp3) is 0.556. The van der Waals surface area contributed by atoms with Crippen LogP contribution in [0.4, 0.5) is 14.6 Å². The highest BCUT2D eigenvalue weighted by atomic mass is 35.5. The molecule has 17 heteroatoms. The summed E-state index contributed by atoms with van der Waals surface area (Å²) in [5.41, 5.74) is -0.265. The van der Waals surface area contributed by atoms with E-state index >= 15 is 0 Å². The highest BCUT2D eigenvalue weighted by Crippen LogP contribution is 2.50. The van der Waals surface area contributed by atoms with Gasteiger partial charge in [-0.2, -0.15) is 4.98 Å². The van der Waals surface area contributed by atoms with E-state index in [4.69, 9.17) is 34.9 Å². The molecule has 2 aromatic heterocycles. The second-order valence-corrected chi connectivity index (χ2v) is 15.9. The lowest BCUT2D eigenvalue weighted by molar-refractivity contribution is -0.193. The lowest BCUT2D eigenvalue weighted by Gasteiger charge is -2.25. The van der Waals surface area contributed by atoms with Crippen molar-refractivity contribution in [2.75, 3.05) is 29.8 Å². The van der Waals surface area contributed by atoms with Crippen LogP contribution in [0.3, 0.4) is 0 Å². The maximum atomic E-state index is 14.5. The lowest BCUT2D eigenvalue weighted by Crippen LogP contribution is -2.35. The second kappa shape index (κ2) is 12.5. The Kier molecular flexibility index (Phi) is 9.43. The number of hydrogen-bond acceptors (Lipinski definition) is 11. The molecule has 0 radical (unpaired) electrons. The summed E-state index contributed by atoms with van der Waals surface area (Å²) in [5, 5.41) is 3.50. The third kappa shape index (κ3) is 6.95. The quantitative estimate of drug-likeness (QED) is 0.189. The number of rotatable bonds is 12. The standard InChI is InChI=1S/C27H34ClF2N4O8PS/c1-6-38-43(35,39-7-2)14-44(36,37)13-20-21-22(42-27(4,5)41-21)25(40-20)34-11-10-18-23(32-26(28)33-24(18)34)31-15(3)17-9-8-16(29)12-19(17)30/h8-12,15,20-22,25H,6-7,13-14H2,1-5H3,(H,31,32,33)/t15-,20-,21-,22-,25-/m1/s1. The normalized spacial score (nSPS) is 24.1. The number of benzene rings is 1. The number of sulfone groups is 1. The summed E-state index contributed by atoms with van der Waals surface area (Å²) in [5.74, 6) is -2.71. The van der Waals surface area contributed by atoms with E-state index in [-0.39, 0.29) is 29.9 Å². The third-order valence-corrected chi connectivity index (χ3v) is 12.3. The van der Waals surface area contributed by atoms with E-state index < -0.39 is 76.7 Å². The summed E-state index contributed by atoms with van der Waals surface area (Å²) in [4.78, 5) is 8.66. The molecule has 5 atom stereocenters. The van der Waals surface area contributed by atoms with Crippen molar-refractivity contribution in [1.82, 2.24) is 14.5 Å². The molecule has 1 N–H and O–H groups in total. The SMILES string of the molecule is CCOP(=O)(CS(=O)(=O)C[C@H]1O[C@@H](n2ccc3c(N[C@H](C)c4ccc(F)cc4F)nc(Cl)nc32)[C@@H]2OC(C)(C)O[C@@H]21)OCC. The van der Waals surface area contributed by atoms with Gasteiger partial charge < -0.3 is 33.1 Å². The van der Waals surface area contributed by atoms with Crippen LogP contribution in [0.25, 0.3) is 11.0 Å². The Hall–Kier alpha value is -2.23. The van der Waals surface area contributed by atoms with Crippen LogP contribution < -0.4 is 5.32 Å². The van der Waals surface area contributed by atoms with Crippen LogP contribution >= 0.6 is 19.2 Å². The van der Waals surface area contributed by atoms with Crippen LogP contribution in [0, 0.1) is 11.6 Å². The van der Waals surface area contributed by atoms with E-state index in [1.165, 1.54) is 6.07 Å². The predicted octanol–water partition coefficient (Wildman–Crippen LogP) is 5.59. The van der Waals surface area contributed by atoms with Crippen molar-refractivity contribution in [3.8, 4) is 0 Å². The average Bonchev–Trinajstić information content (AvgIpc) is 3.54. The Bertz CT molecular complexity index is 1680. The summed E-state index contributed by atoms with van der Waals surface area (Å²) >= 11 is 6.30. The number of anilines is 1. The first-order chi connectivity index (χ1) is 20.6. The zero-order valence-electron chi connectivity index (χ0n) is 24.7. The minimum Gasteiger partial charge on any atom is -0.363 e. The summed E-state index contributed by atoms with van der Waals surface area (Å²) in [6.45, 7) is 8.33. The number of nitrogens with zero attached hydrogens (tertiary/aromatic N) is 3. The molecule has 44 heavy (non-hydrogen) atoms. The predicted molar refractivity (Wildman–Crippen MR) is 158 cm³/mol. The van der Waals surface area contributed by atoms with E-state index in [1.807, 2.05) is 0 Å². The summed E-state index contributed by atoms with van der Waals surface area (Å²) in [6.07, 6.45) is -1.77. The highest BCUT2D eigenvalue weighted by molar-refractivity contribution is 7.97. The Labute approximate surface area is 258 Å². The Morgan fingerprint density at radius 3 is 2.48 bits per heavy atom. The van der Waals surface area contributed by atoms with Gasteiger partial charge in [0.05, 0.1) is 30.4 Å². The van der Waals surface area contributed by atoms with Gasteiger partial charge in [-0.25, -0.2) is 22.2 Å². The fourth-order valence-corrected chi connectivity index (χ4v) is 10.3. The molecule has 0 aliphatic carbocycles. The number of ether oxygens (including phenoxy) is 3. The molecular formula is C27H34ClF2N4O8PS. The Morgan fingerprint density at radius 1 is 1.14 bits per heavy atom. The van der Waals surface area contributed by atoms with Gasteiger partial charge in [0, 0.05) is 17.8 Å². The molecule has 2 saturated heterocycles. The largest absolute Gasteiger partial charge is 0.363 e. The minimum atomic E-state index is -4.03. The van der Waals surface area contributed by atoms with Gasteiger partial charge in [0.1, 0.15) is 41.4 Å². The van der Waals surface area contributed by atoms with Crippen molar-refractivity contribution in [3.05, 3.63) is 52.9 Å². The number of nitrogens with one attached hydrogen (secondary N) is 1. The van der Waals surface area contributed by atoms with Crippen LogP contribution in [-0.2, 0) is 37.7 Å². The molecule has 12 nitrogen and oxygen atoms in total. The van der Waals surface area contributed by atoms with Crippen molar-refractivity contribution >= 4 is 45.9 Å². The monoisotopic (exact) mass is 678 g/mol. The van der Waals surface area contributed by atoms with Gasteiger partial charge in [-0.1, -0.05) is 6.07 Å². The first-order valence-corrected chi connectivity index (χ1v) is 17.9. The van der Waals surface area contributed by atoms with Crippen molar-refractivity contribution in [1.29, 1.82) is 0 Å². The number of fused-ring (bicyclic) bond motifs is 2. The number of halogens is 3. The molecule has 0 bridgehead atoms. The van der Waals surface area contributed by atoms with Crippen molar-refractivity contribution in [2.45, 2.75) is 71.0 Å². The molecule has 1 aromatic carbocycles.